The zero-order valence-electron chi connectivity index (χ0n) is 7.71. The average Bonchev–Trinajstić information content (AvgIpc) is 2.93. The summed E-state index contributed by atoms with van der Waals surface area (Å²) >= 11 is 3.16. The molecule has 1 aliphatic rings. The van der Waals surface area contributed by atoms with Crippen molar-refractivity contribution in [3.63, 3.8) is 0 Å². The fourth-order valence-corrected chi connectivity index (χ4v) is 2.10. The molecule has 0 bridgehead atoms. The Balaban J connectivity index is 2.16. The highest BCUT2D eigenvalue weighted by molar-refractivity contribution is 9.10. The molecule has 0 saturated heterocycles. The van der Waals surface area contributed by atoms with Crippen molar-refractivity contribution in [2.75, 3.05) is 0 Å². The molecular formula is C11H12BrFO. The van der Waals surface area contributed by atoms with Gasteiger partial charge in [-0.1, -0.05) is 25.0 Å². The van der Waals surface area contributed by atoms with Crippen molar-refractivity contribution < 1.29 is 9.50 Å². The maximum atomic E-state index is 13.1. The third-order valence-corrected chi connectivity index (χ3v) is 3.43. The standard InChI is InChI=1S/C11H12BrFO/c12-11-8(2-1-3-9(11)13)10(14)6-7-4-5-7/h1-3,7,10,14H,4-6H2. The lowest BCUT2D eigenvalue weighted by atomic mass is 10.0. The molecule has 1 aromatic rings. The Morgan fingerprint density at radius 1 is 1.50 bits per heavy atom. The summed E-state index contributed by atoms with van der Waals surface area (Å²) in [4.78, 5) is 0. The minimum atomic E-state index is -0.535. The fraction of sp³-hybridized carbons (Fsp3) is 0.455. The van der Waals surface area contributed by atoms with E-state index < -0.39 is 6.10 Å². The molecule has 1 aliphatic carbocycles. The molecule has 1 unspecified atom stereocenters. The van der Waals surface area contributed by atoms with Crippen molar-refractivity contribution in [3.8, 4) is 0 Å². The predicted octanol–water partition coefficient (Wildman–Crippen LogP) is 3.42. The molecule has 0 heterocycles. The highest BCUT2D eigenvalue weighted by Crippen LogP contribution is 2.39. The first-order valence-corrected chi connectivity index (χ1v) is 5.59. The van der Waals surface area contributed by atoms with Gasteiger partial charge in [-0.3, -0.25) is 0 Å². The van der Waals surface area contributed by atoms with E-state index in [1.807, 2.05) is 0 Å². The molecule has 1 saturated carbocycles. The zero-order chi connectivity index (χ0) is 10.1. The summed E-state index contributed by atoms with van der Waals surface area (Å²) < 4.78 is 13.5. The minimum Gasteiger partial charge on any atom is -0.388 e. The fourth-order valence-electron chi connectivity index (χ4n) is 1.57. The number of hydrogen-bond donors (Lipinski definition) is 1. The molecule has 1 N–H and O–H groups in total. The van der Waals surface area contributed by atoms with Gasteiger partial charge in [0.1, 0.15) is 5.82 Å². The zero-order valence-corrected chi connectivity index (χ0v) is 9.30. The van der Waals surface area contributed by atoms with Crippen LogP contribution in [0.5, 0.6) is 0 Å². The minimum absolute atomic E-state index is 0.308. The highest BCUT2D eigenvalue weighted by Gasteiger charge is 2.26. The van der Waals surface area contributed by atoms with Crippen molar-refractivity contribution >= 4 is 15.9 Å². The van der Waals surface area contributed by atoms with E-state index in [0.29, 0.717) is 16.0 Å². The summed E-state index contributed by atoms with van der Waals surface area (Å²) in [6, 6.07) is 4.78. The van der Waals surface area contributed by atoms with Crippen LogP contribution in [-0.2, 0) is 0 Å². The van der Waals surface area contributed by atoms with E-state index in [0.717, 1.165) is 6.42 Å². The maximum Gasteiger partial charge on any atom is 0.137 e. The van der Waals surface area contributed by atoms with Crippen LogP contribution in [0.25, 0.3) is 0 Å². The Morgan fingerprint density at radius 2 is 2.21 bits per heavy atom. The second-order valence-electron chi connectivity index (χ2n) is 3.84. The summed E-state index contributed by atoms with van der Waals surface area (Å²) in [6.45, 7) is 0. The van der Waals surface area contributed by atoms with Crippen LogP contribution in [0, 0.1) is 11.7 Å². The summed E-state index contributed by atoms with van der Waals surface area (Å²) in [6.07, 6.45) is 2.61. The Morgan fingerprint density at radius 3 is 2.86 bits per heavy atom. The summed E-state index contributed by atoms with van der Waals surface area (Å²) in [5.41, 5.74) is 0.664. The second kappa shape index (κ2) is 3.99. The largest absolute Gasteiger partial charge is 0.388 e. The SMILES string of the molecule is OC(CC1CC1)c1cccc(F)c1Br. The molecule has 1 fully saturated rings. The molecule has 1 nitrogen and oxygen atoms in total. The summed E-state index contributed by atoms with van der Waals surface area (Å²) in [5, 5.41) is 9.84. The third kappa shape index (κ3) is 2.15. The van der Waals surface area contributed by atoms with E-state index in [2.05, 4.69) is 15.9 Å². The lowest BCUT2D eigenvalue weighted by molar-refractivity contribution is 0.159. The van der Waals surface area contributed by atoms with E-state index in [9.17, 15) is 9.50 Å². The van der Waals surface area contributed by atoms with Gasteiger partial charge >= 0.3 is 0 Å². The van der Waals surface area contributed by atoms with Crippen LogP contribution < -0.4 is 0 Å². The summed E-state index contributed by atoms with van der Waals surface area (Å²) in [7, 11) is 0. The van der Waals surface area contributed by atoms with Crippen molar-refractivity contribution in [1.29, 1.82) is 0 Å². The Labute approximate surface area is 91.1 Å². The number of hydrogen-bond acceptors (Lipinski definition) is 1. The van der Waals surface area contributed by atoms with Crippen LogP contribution in [0.15, 0.2) is 22.7 Å². The smallest absolute Gasteiger partial charge is 0.137 e. The number of aliphatic hydroxyl groups excluding tert-OH is 1. The molecule has 0 radical (unpaired) electrons. The normalized spacial score (nSPS) is 18.2. The number of benzene rings is 1. The van der Waals surface area contributed by atoms with Gasteiger partial charge in [-0.05, 0) is 39.9 Å². The average molecular weight is 259 g/mol. The van der Waals surface area contributed by atoms with E-state index in [-0.39, 0.29) is 5.82 Å². The first kappa shape index (κ1) is 10.1. The van der Waals surface area contributed by atoms with Gasteiger partial charge in [-0.25, -0.2) is 4.39 Å². The van der Waals surface area contributed by atoms with Crippen molar-refractivity contribution in [3.05, 3.63) is 34.1 Å². The van der Waals surface area contributed by atoms with Crippen LogP contribution >= 0.6 is 15.9 Å². The third-order valence-electron chi connectivity index (χ3n) is 2.59. The van der Waals surface area contributed by atoms with Gasteiger partial charge in [0.05, 0.1) is 10.6 Å². The second-order valence-corrected chi connectivity index (χ2v) is 4.63. The van der Waals surface area contributed by atoms with Gasteiger partial charge < -0.3 is 5.11 Å². The van der Waals surface area contributed by atoms with E-state index in [4.69, 9.17) is 0 Å². The Hall–Kier alpha value is -0.410. The van der Waals surface area contributed by atoms with E-state index in [1.54, 1.807) is 12.1 Å². The molecule has 0 amide bonds. The van der Waals surface area contributed by atoms with E-state index in [1.165, 1.54) is 18.9 Å². The topological polar surface area (TPSA) is 20.2 Å². The van der Waals surface area contributed by atoms with Crippen molar-refractivity contribution in [2.45, 2.75) is 25.4 Å². The molecule has 0 aliphatic heterocycles. The molecule has 0 aromatic heterocycles. The van der Waals surface area contributed by atoms with Gasteiger partial charge in [0.25, 0.3) is 0 Å². The van der Waals surface area contributed by atoms with Crippen LogP contribution in [0.3, 0.4) is 0 Å². The van der Waals surface area contributed by atoms with Gasteiger partial charge in [0.15, 0.2) is 0 Å². The lowest BCUT2D eigenvalue weighted by Gasteiger charge is -2.12. The van der Waals surface area contributed by atoms with Gasteiger partial charge in [0, 0.05) is 0 Å². The Kier molecular flexibility index (Phi) is 2.88. The first-order chi connectivity index (χ1) is 6.68. The van der Waals surface area contributed by atoms with Crippen LogP contribution in [-0.4, -0.2) is 5.11 Å². The van der Waals surface area contributed by atoms with Crippen LogP contribution in [0.2, 0.25) is 0 Å². The number of rotatable bonds is 3. The molecule has 1 aromatic carbocycles. The van der Waals surface area contributed by atoms with Gasteiger partial charge in [-0.2, -0.15) is 0 Å². The van der Waals surface area contributed by atoms with Gasteiger partial charge in [-0.15, -0.1) is 0 Å². The molecule has 76 valence electrons. The molecule has 3 heteroatoms. The molecule has 1 atom stereocenters. The Bertz CT molecular complexity index is 336. The number of aliphatic hydroxyl groups is 1. The molecule has 2 rings (SSSR count). The van der Waals surface area contributed by atoms with Crippen molar-refractivity contribution in [1.82, 2.24) is 0 Å². The van der Waals surface area contributed by atoms with Crippen LogP contribution in [0.4, 0.5) is 4.39 Å². The predicted molar refractivity (Wildman–Crippen MR) is 56.4 cm³/mol. The quantitative estimate of drug-likeness (QED) is 0.881. The van der Waals surface area contributed by atoms with Crippen LogP contribution in [0.1, 0.15) is 30.9 Å². The summed E-state index contributed by atoms with van der Waals surface area (Å²) in [5.74, 6) is 0.331. The molecular weight excluding hydrogens is 247 g/mol. The monoisotopic (exact) mass is 258 g/mol. The highest BCUT2D eigenvalue weighted by atomic mass is 79.9. The first-order valence-electron chi connectivity index (χ1n) is 4.80. The molecule has 14 heavy (non-hydrogen) atoms. The van der Waals surface area contributed by atoms with Crippen molar-refractivity contribution in [2.24, 2.45) is 5.92 Å². The van der Waals surface area contributed by atoms with E-state index >= 15 is 0 Å². The molecule has 0 spiro atoms. The number of halogens is 2. The maximum absolute atomic E-state index is 13.1. The van der Waals surface area contributed by atoms with Gasteiger partial charge in [0.2, 0.25) is 0 Å². The lowest BCUT2D eigenvalue weighted by Crippen LogP contribution is -2.00.